The summed E-state index contributed by atoms with van der Waals surface area (Å²) >= 11 is 0. The fourth-order valence-corrected chi connectivity index (χ4v) is 1.67. The fourth-order valence-electron chi connectivity index (χ4n) is 1.67. The molecule has 0 aliphatic rings. The second-order valence-corrected chi connectivity index (χ2v) is 4.31. The third-order valence-electron chi connectivity index (χ3n) is 2.39. The molecular weight excluding hydrogens is 245 g/mol. The van der Waals surface area contributed by atoms with Gasteiger partial charge in [0.05, 0.1) is 6.42 Å². The van der Waals surface area contributed by atoms with Crippen LogP contribution in [0.2, 0.25) is 0 Å². The summed E-state index contributed by atoms with van der Waals surface area (Å²) in [6.07, 6.45) is -3.34. The molecule has 0 spiro atoms. The summed E-state index contributed by atoms with van der Waals surface area (Å²) < 4.78 is 38.1. The van der Waals surface area contributed by atoms with Crippen LogP contribution in [0, 0.1) is 6.92 Å². The van der Waals surface area contributed by atoms with Crippen molar-refractivity contribution in [3.63, 3.8) is 0 Å². The first-order valence-electron chi connectivity index (χ1n) is 5.50. The molecule has 0 bridgehead atoms. The maximum Gasteiger partial charge on any atom is 0.391 e. The Kier molecular flexibility index (Phi) is 3.14. The van der Waals surface area contributed by atoms with Crippen LogP contribution in [0.1, 0.15) is 18.9 Å². The molecule has 0 fully saturated rings. The zero-order chi connectivity index (χ0) is 13.3. The predicted octanol–water partition coefficient (Wildman–Crippen LogP) is 2.79. The second kappa shape index (κ2) is 4.47. The Morgan fingerprint density at radius 2 is 2.11 bits per heavy atom. The van der Waals surface area contributed by atoms with Crippen molar-refractivity contribution in [2.24, 2.45) is 0 Å². The Bertz CT molecular complexity index is 547. The lowest BCUT2D eigenvalue weighted by Crippen LogP contribution is -2.24. The Labute approximate surface area is 102 Å². The van der Waals surface area contributed by atoms with Crippen LogP contribution in [-0.2, 0) is 0 Å². The number of hydrogen-bond donors (Lipinski definition) is 1. The van der Waals surface area contributed by atoms with Crippen molar-refractivity contribution in [1.82, 2.24) is 14.6 Å². The van der Waals surface area contributed by atoms with Gasteiger partial charge in [-0.3, -0.25) is 0 Å². The average molecular weight is 258 g/mol. The highest BCUT2D eigenvalue weighted by Gasteiger charge is 2.30. The van der Waals surface area contributed by atoms with Crippen molar-refractivity contribution in [1.29, 1.82) is 0 Å². The molecule has 0 aromatic carbocycles. The lowest BCUT2D eigenvalue weighted by molar-refractivity contribution is -0.136. The molecule has 0 amide bonds. The molecule has 1 N–H and O–H groups in total. The molecule has 7 heteroatoms. The number of pyridine rings is 1. The number of hydrogen-bond acceptors (Lipinski definition) is 3. The quantitative estimate of drug-likeness (QED) is 0.920. The molecule has 1 atom stereocenters. The molecule has 2 aromatic rings. The minimum Gasteiger partial charge on any atom is -0.350 e. The minimum atomic E-state index is -4.19. The van der Waals surface area contributed by atoms with E-state index in [-0.39, 0.29) is 5.95 Å². The highest BCUT2D eigenvalue weighted by atomic mass is 19.4. The Balaban J connectivity index is 2.12. The zero-order valence-electron chi connectivity index (χ0n) is 9.99. The van der Waals surface area contributed by atoms with E-state index >= 15 is 0 Å². The smallest absolute Gasteiger partial charge is 0.350 e. The van der Waals surface area contributed by atoms with Gasteiger partial charge in [0.1, 0.15) is 0 Å². The van der Waals surface area contributed by atoms with E-state index in [0.29, 0.717) is 5.65 Å². The Hall–Kier alpha value is -1.79. The third kappa shape index (κ3) is 3.12. The van der Waals surface area contributed by atoms with Gasteiger partial charge in [-0.25, -0.2) is 4.52 Å². The normalized spacial score (nSPS) is 13.8. The second-order valence-electron chi connectivity index (χ2n) is 4.31. The molecule has 18 heavy (non-hydrogen) atoms. The first kappa shape index (κ1) is 12.7. The van der Waals surface area contributed by atoms with Crippen molar-refractivity contribution < 1.29 is 13.2 Å². The summed E-state index contributed by atoms with van der Waals surface area (Å²) in [7, 11) is 0. The molecule has 4 nitrogen and oxygen atoms in total. The van der Waals surface area contributed by atoms with Gasteiger partial charge in [0, 0.05) is 12.2 Å². The lowest BCUT2D eigenvalue weighted by atomic mass is 10.2. The fraction of sp³-hybridized carbons (Fsp3) is 0.455. The van der Waals surface area contributed by atoms with Crippen LogP contribution in [-0.4, -0.2) is 26.8 Å². The molecule has 2 rings (SSSR count). The van der Waals surface area contributed by atoms with E-state index in [9.17, 15) is 13.2 Å². The third-order valence-corrected chi connectivity index (χ3v) is 2.39. The van der Waals surface area contributed by atoms with Crippen molar-refractivity contribution in [3.8, 4) is 0 Å². The van der Waals surface area contributed by atoms with Crippen LogP contribution in [0.25, 0.3) is 5.65 Å². The van der Waals surface area contributed by atoms with Gasteiger partial charge in [-0.15, -0.1) is 5.10 Å². The maximum atomic E-state index is 12.2. The number of anilines is 1. The predicted molar refractivity (Wildman–Crippen MR) is 61.5 cm³/mol. The largest absolute Gasteiger partial charge is 0.391 e. The Morgan fingerprint density at radius 3 is 2.78 bits per heavy atom. The van der Waals surface area contributed by atoms with E-state index < -0.39 is 18.6 Å². The van der Waals surface area contributed by atoms with Gasteiger partial charge >= 0.3 is 6.18 Å². The summed E-state index contributed by atoms with van der Waals surface area (Å²) in [5.74, 6) is 0.206. The highest BCUT2D eigenvalue weighted by Crippen LogP contribution is 2.22. The van der Waals surface area contributed by atoms with Gasteiger partial charge in [-0.2, -0.15) is 18.2 Å². The van der Waals surface area contributed by atoms with Gasteiger partial charge < -0.3 is 5.32 Å². The monoisotopic (exact) mass is 258 g/mol. The summed E-state index contributed by atoms with van der Waals surface area (Å²) in [6.45, 7) is 3.35. The molecule has 0 aliphatic carbocycles. The summed E-state index contributed by atoms with van der Waals surface area (Å²) in [5.41, 5.74) is 1.60. The number of halogens is 3. The van der Waals surface area contributed by atoms with E-state index in [1.165, 1.54) is 11.4 Å². The molecule has 0 saturated carbocycles. The summed E-state index contributed by atoms with van der Waals surface area (Å²) in [4.78, 5) is 4.10. The van der Waals surface area contributed by atoms with Crippen molar-refractivity contribution >= 4 is 11.6 Å². The standard InChI is InChI=1S/C11H13F3N4/c1-7-3-4-9-16-10(17-18(9)6-7)15-8(2)5-11(12,13)14/h3-4,6,8H,5H2,1-2H3,(H,15,17). The van der Waals surface area contributed by atoms with E-state index in [0.717, 1.165) is 5.56 Å². The molecule has 0 saturated heterocycles. The van der Waals surface area contributed by atoms with Crippen LogP contribution in [0.3, 0.4) is 0 Å². The number of aromatic nitrogens is 3. The Morgan fingerprint density at radius 1 is 1.39 bits per heavy atom. The van der Waals surface area contributed by atoms with Crippen molar-refractivity contribution in [3.05, 3.63) is 23.9 Å². The lowest BCUT2D eigenvalue weighted by Gasteiger charge is -2.13. The zero-order valence-corrected chi connectivity index (χ0v) is 9.99. The van der Waals surface area contributed by atoms with Gasteiger partial charge in [0.15, 0.2) is 5.65 Å². The first-order chi connectivity index (χ1) is 8.33. The average Bonchev–Trinajstić information content (AvgIpc) is 2.55. The number of aryl methyl sites for hydroxylation is 1. The number of nitrogens with zero attached hydrogens (tertiary/aromatic N) is 3. The van der Waals surface area contributed by atoms with Gasteiger partial charge in [0.2, 0.25) is 5.95 Å². The van der Waals surface area contributed by atoms with Crippen molar-refractivity contribution in [2.45, 2.75) is 32.5 Å². The van der Waals surface area contributed by atoms with Crippen LogP contribution in [0.15, 0.2) is 18.3 Å². The number of nitrogens with one attached hydrogen (secondary N) is 1. The topological polar surface area (TPSA) is 42.2 Å². The summed E-state index contributed by atoms with van der Waals surface area (Å²) in [6, 6.07) is 2.87. The van der Waals surface area contributed by atoms with Gasteiger partial charge in [-0.05, 0) is 25.5 Å². The molecule has 1 unspecified atom stereocenters. The summed E-state index contributed by atoms with van der Waals surface area (Å²) in [5, 5.41) is 6.71. The maximum absolute atomic E-state index is 12.2. The minimum absolute atomic E-state index is 0.206. The van der Waals surface area contributed by atoms with Crippen LogP contribution in [0.4, 0.5) is 19.1 Å². The number of alkyl halides is 3. The molecular formula is C11H13F3N4. The van der Waals surface area contributed by atoms with E-state index in [2.05, 4.69) is 15.4 Å². The molecule has 0 radical (unpaired) electrons. The molecule has 2 heterocycles. The van der Waals surface area contributed by atoms with Crippen molar-refractivity contribution in [2.75, 3.05) is 5.32 Å². The van der Waals surface area contributed by atoms with Gasteiger partial charge in [-0.1, -0.05) is 6.07 Å². The van der Waals surface area contributed by atoms with Crippen LogP contribution < -0.4 is 5.32 Å². The SMILES string of the molecule is Cc1ccc2nc(NC(C)CC(F)(F)F)nn2c1. The molecule has 98 valence electrons. The van der Waals surface area contributed by atoms with Crippen LogP contribution >= 0.6 is 0 Å². The van der Waals surface area contributed by atoms with E-state index in [1.807, 2.05) is 13.0 Å². The van der Waals surface area contributed by atoms with Gasteiger partial charge in [0.25, 0.3) is 0 Å². The number of fused-ring (bicyclic) bond motifs is 1. The molecule has 0 aliphatic heterocycles. The highest BCUT2D eigenvalue weighted by molar-refractivity contribution is 5.44. The molecule has 2 aromatic heterocycles. The number of rotatable bonds is 3. The van der Waals surface area contributed by atoms with Crippen LogP contribution in [0.5, 0.6) is 0 Å². The van der Waals surface area contributed by atoms with E-state index in [1.54, 1.807) is 12.3 Å². The first-order valence-corrected chi connectivity index (χ1v) is 5.50. The van der Waals surface area contributed by atoms with E-state index in [4.69, 9.17) is 0 Å².